The van der Waals surface area contributed by atoms with Crippen molar-refractivity contribution < 1.29 is 13.2 Å². The number of fused-ring (bicyclic) bond motifs is 1. The molecule has 0 aliphatic carbocycles. The Morgan fingerprint density at radius 2 is 1.96 bits per heavy atom. The van der Waals surface area contributed by atoms with Crippen molar-refractivity contribution in [3.8, 4) is 0 Å². The molecule has 3 N–H and O–H groups in total. The Kier molecular flexibility index (Phi) is 3.97. The highest BCUT2D eigenvalue weighted by atomic mass is 19.4. The largest absolute Gasteiger partial charge is 0.417 e. The number of hydrogen-bond donors (Lipinski definition) is 2. The topological polar surface area (TPSA) is 80.0 Å². The van der Waals surface area contributed by atoms with Gasteiger partial charge in [-0.2, -0.15) is 23.1 Å². The van der Waals surface area contributed by atoms with Crippen molar-refractivity contribution >= 4 is 22.8 Å². The number of piperidine rings is 1. The van der Waals surface area contributed by atoms with E-state index in [1.807, 2.05) is 0 Å². The van der Waals surface area contributed by atoms with Crippen LogP contribution < -0.4 is 11.1 Å². The van der Waals surface area contributed by atoms with Gasteiger partial charge in [0.1, 0.15) is 5.82 Å². The van der Waals surface area contributed by atoms with Crippen LogP contribution in [-0.2, 0) is 6.18 Å². The van der Waals surface area contributed by atoms with Crippen LogP contribution in [0.4, 0.5) is 24.9 Å². The molecule has 0 atom stereocenters. The fourth-order valence-corrected chi connectivity index (χ4v) is 2.59. The molecule has 0 bridgehead atoms. The predicted octanol–water partition coefficient (Wildman–Crippen LogP) is 2.13. The molecule has 23 heavy (non-hydrogen) atoms. The highest BCUT2D eigenvalue weighted by molar-refractivity contribution is 5.86. The van der Waals surface area contributed by atoms with Crippen molar-refractivity contribution in [2.75, 3.05) is 31.2 Å². The van der Waals surface area contributed by atoms with Gasteiger partial charge in [-0.25, -0.2) is 4.98 Å². The number of halogens is 3. The number of hydrogen-bond acceptors (Lipinski definition) is 6. The zero-order chi connectivity index (χ0) is 16.6. The van der Waals surface area contributed by atoms with E-state index in [-0.39, 0.29) is 22.9 Å². The minimum atomic E-state index is -4.47. The van der Waals surface area contributed by atoms with E-state index in [2.05, 4.69) is 32.2 Å². The van der Waals surface area contributed by atoms with Crippen LogP contribution in [0.3, 0.4) is 0 Å². The maximum absolute atomic E-state index is 12.7. The molecule has 1 saturated heterocycles. The lowest BCUT2D eigenvalue weighted by Gasteiger charge is -2.29. The first-order valence-corrected chi connectivity index (χ1v) is 7.28. The molecule has 9 heteroatoms. The average Bonchev–Trinajstić information content (AvgIpc) is 2.48. The molecule has 2 aromatic rings. The lowest BCUT2D eigenvalue weighted by atomic mass is 10.1. The molecular formula is C14H17F3N6. The van der Waals surface area contributed by atoms with Gasteiger partial charge in [-0.15, -0.1) is 0 Å². The summed E-state index contributed by atoms with van der Waals surface area (Å²) in [5.74, 6) is 0.292. The summed E-state index contributed by atoms with van der Waals surface area (Å²) >= 11 is 0. The molecule has 124 valence electrons. The summed E-state index contributed by atoms with van der Waals surface area (Å²) in [6.07, 6.45) is -1.83. The first kappa shape index (κ1) is 15.7. The molecule has 0 spiro atoms. The van der Waals surface area contributed by atoms with Gasteiger partial charge in [0.25, 0.3) is 0 Å². The van der Waals surface area contributed by atoms with E-state index in [1.54, 1.807) is 0 Å². The smallest absolute Gasteiger partial charge is 0.383 e. The number of nitrogens with two attached hydrogens (primary N) is 1. The van der Waals surface area contributed by atoms with E-state index in [0.717, 1.165) is 38.2 Å². The molecular weight excluding hydrogens is 309 g/mol. The monoisotopic (exact) mass is 326 g/mol. The number of anilines is 2. The lowest BCUT2D eigenvalue weighted by molar-refractivity contribution is -0.137. The Morgan fingerprint density at radius 3 is 2.61 bits per heavy atom. The van der Waals surface area contributed by atoms with Crippen LogP contribution in [0.15, 0.2) is 12.3 Å². The van der Waals surface area contributed by atoms with Gasteiger partial charge < -0.3 is 16.0 Å². The number of pyridine rings is 1. The average molecular weight is 326 g/mol. The normalized spacial score (nSPS) is 17.6. The van der Waals surface area contributed by atoms with E-state index >= 15 is 0 Å². The van der Waals surface area contributed by atoms with Gasteiger partial charge in [0.2, 0.25) is 5.95 Å². The second-order valence-electron chi connectivity index (χ2n) is 5.75. The highest BCUT2D eigenvalue weighted by Gasteiger charge is 2.31. The van der Waals surface area contributed by atoms with E-state index in [9.17, 15) is 13.2 Å². The Morgan fingerprint density at radius 1 is 1.26 bits per heavy atom. The zero-order valence-electron chi connectivity index (χ0n) is 12.6. The number of rotatable bonds is 2. The van der Waals surface area contributed by atoms with Gasteiger partial charge in [0.15, 0.2) is 5.65 Å². The maximum Gasteiger partial charge on any atom is 0.417 e. The molecule has 1 aliphatic heterocycles. The fraction of sp³-hybridized carbons (Fsp3) is 0.500. The minimum absolute atomic E-state index is 0.0102. The molecule has 0 unspecified atom stereocenters. The Hall–Kier alpha value is -2.16. The van der Waals surface area contributed by atoms with E-state index in [1.165, 1.54) is 0 Å². The van der Waals surface area contributed by atoms with Gasteiger partial charge in [-0.3, -0.25) is 0 Å². The lowest BCUT2D eigenvalue weighted by Crippen LogP contribution is -2.37. The molecule has 2 aromatic heterocycles. The summed E-state index contributed by atoms with van der Waals surface area (Å²) < 4.78 is 38.2. The second-order valence-corrected chi connectivity index (χ2v) is 5.75. The first-order chi connectivity index (χ1) is 10.8. The molecule has 0 radical (unpaired) electrons. The highest BCUT2D eigenvalue weighted by Crippen LogP contribution is 2.31. The second kappa shape index (κ2) is 5.80. The Bertz CT molecular complexity index is 709. The van der Waals surface area contributed by atoms with Crippen LogP contribution in [0, 0.1) is 0 Å². The van der Waals surface area contributed by atoms with Crippen molar-refractivity contribution in [2.45, 2.75) is 25.1 Å². The van der Waals surface area contributed by atoms with E-state index in [4.69, 9.17) is 5.73 Å². The summed E-state index contributed by atoms with van der Waals surface area (Å²) in [5, 5.41) is 3.29. The van der Waals surface area contributed by atoms with Crippen LogP contribution in [0.2, 0.25) is 0 Å². The van der Waals surface area contributed by atoms with Gasteiger partial charge in [0, 0.05) is 12.2 Å². The van der Waals surface area contributed by atoms with Crippen molar-refractivity contribution in [2.24, 2.45) is 0 Å². The summed E-state index contributed by atoms with van der Waals surface area (Å²) in [6, 6.07) is 1.15. The molecule has 1 fully saturated rings. The fourth-order valence-electron chi connectivity index (χ4n) is 2.59. The number of aromatic nitrogens is 3. The number of nitrogens with zero attached hydrogens (tertiary/aromatic N) is 4. The van der Waals surface area contributed by atoms with Crippen LogP contribution in [0.1, 0.15) is 18.4 Å². The third-order valence-corrected chi connectivity index (χ3v) is 3.96. The molecule has 3 heterocycles. The van der Waals surface area contributed by atoms with Crippen molar-refractivity contribution in [1.82, 2.24) is 19.9 Å². The summed E-state index contributed by atoms with van der Waals surface area (Å²) in [4.78, 5) is 14.3. The number of likely N-dealkylation sites (tertiary alicyclic amines) is 1. The van der Waals surface area contributed by atoms with Gasteiger partial charge >= 0.3 is 6.18 Å². The standard InChI is InChI=1S/C14H17F3N6/c1-23-4-2-9(3-5-23)20-13-21-11(18)10-6-8(14(15,16)17)7-19-12(10)22-13/h6-7,9H,2-5H2,1H3,(H3,18,19,20,21,22). The molecule has 0 saturated carbocycles. The van der Waals surface area contributed by atoms with Crippen LogP contribution in [0.25, 0.3) is 11.0 Å². The van der Waals surface area contributed by atoms with Crippen LogP contribution in [0.5, 0.6) is 0 Å². The van der Waals surface area contributed by atoms with Crippen molar-refractivity contribution in [1.29, 1.82) is 0 Å². The van der Waals surface area contributed by atoms with Gasteiger partial charge in [-0.05, 0) is 39.0 Å². The Balaban J connectivity index is 1.86. The molecule has 6 nitrogen and oxygen atoms in total. The molecule has 3 rings (SSSR count). The maximum atomic E-state index is 12.7. The first-order valence-electron chi connectivity index (χ1n) is 7.28. The van der Waals surface area contributed by atoms with Gasteiger partial charge in [0.05, 0.1) is 10.9 Å². The van der Waals surface area contributed by atoms with Crippen molar-refractivity contribution in [3.05, 3.63) is 17.8 Å². The summed E-state index contributed by atoms with van der Waals surface area (Å²) in [5.41, 5.74) is 5.08. The number of nitrogens with one attached hydrogen (secondary N) is 1. The zero-order valence-corrected chi connectivity index (χ0v) is 12.6. The molecule has 0 aromatic carbocycles. The van der Waals surface area contributed by atoms with E-state index in [0.29, 0.717) is 5.95 Å². The quantitative estimate of drug-likeness (QED) is 0.880. The SMILES string of the molecule is CN1CCC(Nc2nc(N)c3cc(C(F)(F)F)cnc3n2)CC1. The van der Waals surface area contributed by atoms with Gasteiger partial charge in [-0.1, -0.05) is 0 Å². The van der Waals surface area contributed by atoms with Crippen LogP contribution >= 0.6 is 0 Å². The third-order valence-electron chi connectivity index (χ3n) is 3.96. The van der Waals surface area contributed by atoms with Crippen LogP contribution in [-0.4, -0.2) is 46.0 Å². The third kappa shape index (κ3) is 3.44. The Labute approximate surface area is 130 Å². The van der Waals surface area contributed by atoms with Crippen molar-refractivity contribution in [3.63, 3.8) is 0 Å². The summed E-state index contributed by atoms with van der Waals surface area (Å²) in [6.45, 7) is 1.93. The number of nitrogen functional groups attached to an aromatic ring is 1. The predicted molar refractivity (Wildman–Crippen MR) is 80.9 cm³/mol. The summed E-state index contributed by atoms with van der Waals surface area (Å²) in [7, 11) is 2.06. The molecule has 1 aliphatic rings. The molecule has 0 amide bonds. The minimum Gasteiger partial charge on any atom is -0.383 e. The number of alkyl halides is 3. The van der Waals surface area contributed by atoms with E-state index < -0.39 is 11.7 Å².